The first kappa shape index (κ1) is 14.9. The molecular formula is C17H18N2O2. The SMILES string of the molecule is CCN(c1ccc(C#N)c2ccccc12)C(C)(C)C(=O)O. The zero-order valence-corrected chi connectivity index (χ0v) is 12.4. The van der Waals surface area contributed by atoms with Gasteiger partial charge in [-0.3, -0.25) is 0 Å². The molecule has 2 aromatic rings. The van der Waals surface area contributed by atoms with Crippen LogP contribution in [0.15, 0.2) is 36.4 Å². The summed E-state index contributed by atoms with van der Waals surface area (Å²) >= 11 is 0. The maximum absolute atomic E-state index is 11.6. The summed E-state index contributed by atoms with van der Waals surface area (Å²) in [6, 6.07) is 13.3. The molecule has 108 valence electrons. The second-order valence-electron chi connectivity index (χ2n) is 5.40. The van der Waals surface area contributed by atoms with E-state index in [9.17, 15) is 15.2 Å². The Labute approximate surface area is 124 Å². The highest BCUT2D eigenvalue weighted by Gasteiger charge is 2.34. The predicted octanol–water partition coefficient (Wildman–Crippen LogP) is 3.40. The van der Waals surface area contributed by atoms with Gasteiger partial charge in [-0.2, -0.15) is 5.26 Å². The molecule has 0 saturated carbocycles. The number of aliphatic carboxylic acids is 1. The van der Waals surface area contributed by atoms with E-state index in [0.29, 0.717) is 12.1 Å². The third kappa shape index (κ3) is 2.43. The van der Waals surface area contributed by atoms with Crippen molar-refractivity contribution in [3.8, 4) is 6.07 Å². The molecule has 0 amide bonds. The van der Waals surface area contributed by atoms with E-state index in [1.54, 1.807) is 19.9 Å². The van der Waals surface area contributed by atoms with Crippen LogP contribution in [0.3, 0.4) is 0 Å². The van der Waals surface area contributed by atoms with Gasteiger partial charge in [-0.15, -0.1) is 0 Å². The molecular weight excluding hydrogens is 264 g/mol. The van der Waals surface area contributed by atoms with E-state index in [2.05, 4.69) is 6.07 Å². The highest BCUT2D eigenvalue weighted by molar-refractivity contribution is 5.99. The maximum Gasteiger partial charge on any atom is 0.328 e. The number of rotatable bonds is 4. The van der Waals surface area contributed by atoms with Crippen molar-refractivity contribution < 1.29 is 9.90 Å². The first-order chi connectivity index (χ1) is 9.93. The fourth-order valence-corrected chi connectivity index (χ4v) is 2.60. The van der Waals surface area contributed by atoms with E-state index in [0.717, 1.165) is 16.5 Å². The Hall–Kier alpha value is -2.54. The van der Waals surface area contributed by atoms with Gasteiger partial charge >= 0.3 is 5.97 Å². The van der Waals surface area contributed by atoms with Crippen molar-refractivity contribution in [2.45, 2.75) is 26.3 Å². The van der Waals surface area contributed by atoms with E-state index < -0.39 is 11.5 Å². The molecule has 1 N–H and O–H groups in total. The van der Waals surface area contributed by atoms with Crippen molar-refractivity contribution in [1.29, 1.82) is 5.26 Å². The zero-order valence-electron chi connectivity index (χ0n) is 12.4. The molecule has 4 heteroatoms. The number of hydrogen-bond acceptors (Lipinski definition) is 3. The van der Waals surface area contributed by atoms with E-state index >= 15 is 0 Å². The summed E-state index contributed by atoms with van der Waals surface area (Å²) in [5, 5.41) is 20.4. The minimum absolute atomic E-state index is 0.565. The largest absolute Gasteiger partial charge is 0.480 e. The lowest BCUT2D eigenvalue weighted by Crippen LogP contribution is -2.50. The molecule has 0 saturated heterocycles. The van der Waals surface area contributed by atoms with Crippen LogP contribution >= 0.6 is 0 Å². The van der Waals surface area contributed by atoms with Crippen LogP contribution in [0.25, 0.3) is 10.8 Å². The number of hydrogen-bond donors (Lipinski definition) is 1. The number of carboxylic acid groups (broad SMARTS) is 1. The van der Waals surface area contributed by atoms with Gasteiger partial charge in [0, 0.05) is 23.0 Å². The Balaban J connectivity index is 2.72. The molecule has 2 rings (SSSR count). The molecule has 0 heterocycles. The maximum atomic E-state index is 11.6. The highest BCUT2D eigenvalue weighted by Crippen LogP contribution is 2.33. The van der Waals surface area contributed by atoms with Crippen LogP contribution in [0.2, 0.25) is 0 Å². The topological polar surface area (TPSA) is 64.3 Å². The van der Waals surface area contributed by atoms with Crippen LogP contribution in [0, 0.1) is 11.3 Å². The van der Waals surface area contributed by atoms with Gasteiger partial charge in [-0.25, -0.2) is 4.79 Å². The molecule has 0 bridgehead atoms. The van der Waals surface area contributed by atoms with Gasteiger partial charge in [0.15, 0.2) is 0 Å². The summed E-state index contributed by atoms with van der Waals surface area (Å²) in [6.07, 6.45) is 0. The molecule has 0 aromatic heterocycles. The third-order valence-electron chi connectivity index (χ3n) is 3.83. The highest BCUT2D eigenvalue weighted by atomic mass is 16.4. The summed E-state index contributed by atoms with van der Waals surface area (Å²) in [7, 11) is 0. The number of fused-ring (bicyclic) bond motifs is 1. The molecule has 0 spiro atoms. The normalized spacial score (nSPS) is 11.1. The van der Waals surface area contributed by atoms with Gasteiger partial charge in [0.2, 0.25) is 0 Å². The molecule has 0 aliphatic carbocycles. The molecule has 0 aliphatic heterocycles. The minimum Gasteiger partial charge on any atom is -0.480 e. The molecule has 0 fully saturated rings. The van der Waals surface area contributed by atoms with Gasteiger partial charge in [-0.05, 0) is 32.9 Å². The smallest absolute Gasteiger partial charge is 0.328 e. The summed E-state index contributed by atoms with van der Waals surface area (Å²) in [6.45, 7) is 5.87. The molecule has 0 unspecified atom stereocenters. The molecule has 0 aliphatic rings. The number of nitriles is 1. The molecule has 0 atom stereocenters. The van der Waals surface area contributed by atoms with Crippen LogP contribution in [0.1, 0.15) is 26.3 Å². The average Bonchev–Trinajstić information content (AvgIpc) is 2.47. The first-order valence-corrected chi connectivity index (χ1v) is 6.86. The quantitative estimate of drug-likeness (QED) is 0.933. The van der Waals surface area contributed by atoms with Gasteiger partial charge in [0.1, 0.15) is 5.54 Å². The second kappa shape index (κ2) is 5.45. The van der Waals surface area contributed by atoms with Gasteiger partial charge in [0.05, 0.1) is 11.6 Å². The molecule has 0 radical (unpaired) electrons. The number of carboxylic acids is 1. The first-order valence-electron chi connectivity index (χ1n) is 6.86. The Morgan fingerprint density at radius 2 is 1.86 bits per heavy atom. The van der Waals surface area contributed by atoms with Crippen molar-refractivity contribution in [3.05, 3.63) is 42.0 Å². The minimum atomic E-state index is -1.02. The standard InChI is InChI=1S/C17H18N2O2/c1-4-19(17(2,3)16(20)21)15-10-9-12(11-18)13-7-5-6-8-14(13)15/h5-10H,4H2,1-3H3,(H,20,21). The summed E-state index contributed by atoms with van der Waals surface area (Å²) in [5.74, 6) is -0.877. The monoisotopic (exact) mass is 282 g/mol. The van der Waals surface area contributed by atoms with E-state index in [1.807, 2.05) is 42.2 Å². The van der Waals surface area contributed by atoms with Crippen LogP contribution in [-0.2, 0) is 4.79 Å². The fraction of sp³-hybridized carbons (Fsp3) is 0.294. The van der Waals surface area contributed by atoms with Crippen LogP contribution in [0.5, 0.6) is 0 Å². The lowest BCUT2D eigenvalue weighted by Gasteiger charge is -2.37. The van der Waals surface area contributed by atoms with Crippen molar-refractivity contribution in [1.82, 2.24) is 0 Å². The third-order valence-corrected chi connectivity index (χ3v) is 3.83. The Kier molecular flexibility index (Phi) is 3.86. The van der Waals surface area contributed by atoms with Gasteiger partial charge < -0.3 is 10.0 Å². The Bertz CT molecular complexity index is 729. The summed E-state index contributed by atoms with van der Waals surface area (Å²) in [5.41, 5.74) is 0.407. The summed E-state index contributed by atoms with van der Waals surface area (Å²) < 4.78 is 0. The van der Waals surface area contributed by atoms with Crippen LogP contribution in [0.4, 0.5) is 5.69 Å². The lowest BCUT2D eigenvalue weighted by molar-refractivity contribution is -0.142. The number of nitrogens with zero attached hydrogens (tertiary/aromatic N) is 2. The van der Waals surface area contributed by atoms with Crippen molar-refractivity contribution in [2.75, 3.05) is 11.4 Å². The van der Waals surface area contributed by atoms with E-state index in [1.165, 1.54) is 0 Å². The van der Waals surface area contributed by atoms with Crippen LogP contribution < -0.4 is 4.90 Å². The predicted molar refractivity (Wildman–Crippen MR) is 83.4 cm³/mol. The Morgan fingerprint density at radius 3 is 2.38 bits per heavy atom. The number of likely N-dealkylation sites (N-methyl/N-ethyl adjacent to an activating group) is 1. The average molecular weight is 282 g/mol. The number of carbonyl (C=O) groups is 1. The van der Waals surface area contributed by atoms with Crippen LogP contribution in [-0.4, -0.2) is 23.2 Å². The van der Waals surface area contributed by atoms with Crippen molar-refractivity contribution in [3.63, 3.8) is 0 Å². The van der Waals surface area contributed by atoms with E-state index in [4.69, 9.17) is 0 Å². The molecule has 21 heavy (non-hydrogen) atoms. The number of benzene rings is 2. The fourth-order valence-electron chi connectivity index (χ4n) is 2.60. The van der Waals surface area contributed by atoms with Crippen molar-refractivity contribution >= 4 is 22.4 Å². The van der Waals surface area contributed by atoms with Crippen molar-refractivity contribution in [2.24, 2.45) is 0 Å². The van der Waals surface area contributed by atoms with E-state index in [-0.39, 0.29) is 0 Å². The molecule has 4 nitrogen and oxygen atoms in total. The van der Waals surface area contributed by atoms with Gasteiger partial charge in [-0.1, -0.05) is 24.3 Å². The lowest BCUT2D eigenvalue weighted by atomic mass is 9.97. The Morgan fingerprint density at radius 1 is 1.24 bits per heavy atom. The van der Waals surface area contributed by atoms with Gasteiger partial charge in [0.25, 0.3) is 0 Å². The zero-order chi connectivity index (χ0) is 15.6. The molecule has 2 aromatic carbocycles. The second-order valence-corrected chi connectivity index (χ2v) is 5.40. The number of anilines is 1. The summed E-state index contributed by atoms with van der Waals surface area (Å²) in [4.78, 5) is 13.4.